The summed E-state index contributed by atoms with van der Waals surface area (Å²) in [5, 5.41) is 7.04. The van der Waals surface area contributed by atoms with Gasteiger partial charge < -0.3 is 15.2 Å². The van der Waals surface area contributed by atoms with Crippen LogP contribution in [0.4, 0.5) is 0 Å². The highest BCUT2D eigenvalue weighted by Gasteiger charge is 2.34. The normalized spacial score (nSPS) is 21.0. The first-order valence-electron chi connectivity index (χ1n) is 9.37. The molecule has 142 valence electrons. The van der Waals surface area contributed by atoms with E-state index in [0.717, 1.165) is 43.0 Å². The second-order valence-corrected chi connectivity index (χ2v) is 7.15. The Bertz CT molecular complexity index is 766. The molecule has 1 saturated carbocycles. The number of hydrogen-bond donors (Lipinski definition) is 2. The summed E-state index contributed by atoms with van der Waals surface area (Å²) in [6, 6.07) is 9.68. The molecular formula is C19H29IN6. The van der Waals surface area contributed by atoms with Crippen LogP contribution < -0.4 is 10.6 Å². The van der Waals surface area contributed by atoms with E-state index in [4.69, 9.17) is 0 Å². The number of fused-ring (bicyclic) bond motifs is 1. The first-order chi connectivity index (χ1) is 12.2. The number of rotatable bonds is 5. The van der Waals surface area contributed by atoms with Crippen molar-refractivity contribution in [3.8, 4) is 0 Å². The number of nitrogens with zero attached hydrogens (tertiary/aromatic N) is 4. The van der Waals surface area contributed by atoms with Gasteiger partial charge in [0.25, 0.3) is 0 Å². The summed E-state index contributed by atoms with van der Waals surface area (Å²) in [5.41, 5.74) is 2.26. The van der Waals surface area contributed by atoms with E-state index in [1.165, 1.54) is 31.3 Å². The van der Waals surface area contributed by atoms with Crippen LogP contribution in [-0.2, 0) is 6.54 Å². The van der Waals surface area contributed by atoms with Crippen LogP contribution in [0.25, 0.3) is 11.0 Å². The third-order valence-electron chi connectivity index (χ3n) is 5.32. The molecule has 7 heteroatoms. The van der Waals surface area contributed by atoms with Crippen LogP contribution >= 0.6 is 24.0 Å². The smallest absolute Gasteiger partial charge is 0.191 e. The zero-order valence-corrected chi connectivity index (χ0v) is 17.9. The third kappa shape index (κ3) is 4.31. The highest BCUT2D eigenvalue weighted by Crippen LogP contribution is 2.29. The number of aliphatic imine (C=N–C) groups is 1. The minimum Gasteiger partial charge on any atom is -0.355 e. The number of imidazole rings is 1. The van der Waals surface area contributed by atoms with E-state index < -0.39 is 0 Å². The van der Waals surface area contributed by atoms with Crippen molar-refractivity contribution in [2.24, 2.45) is 4.99 Å². The van der Waals surface area contributed by atoms with Crippen molar-refractivity contribution < 1.29 is 0 Å². The van der Waals surface area contributed by atoms with Crippen molar-refractivity contribution in [1.29, 1.82) is 0 Å². The van der Waals surface area contributed by atoms with Crippen LogP contribution in [0.1, 0.15) is 25.1 Å². The maximum atomic E-state index is 4.63. The van der Waals surface area contributed by atoms with Crippen molar-refractivity contribution in [2.75, 3.05) is 26.7 Å². The molecule has 1 unspecified atom stereocenters. The van der Waals surface area contributed by atoms with Gasteiger partial charge in [-0.25, -0.2) is 4.98 Å². The maximum Gasteiger partial charge on any atom is 0.191 e. The molecule has 4 rings (SSSR count). The molecule has 2 aliphatic rings. The van der Waals surface area contributed by atoms with Gasteiger partial charge in [0, 0.05) is 45.3 Å². The molecule has 1 aromatic heterocycles. The fourth-order valence-corrected chi connectivity index (χ4v) is 3.83. The Morgan fingerprint density at radius 1 is 1.27 bits per heavy atom. The molecular weight excluding hydrogens is 439 g/mol. The van der Waals surface area contributed by atoms with E-state index in [1.54, 1.807) is 0 Å². The topological polar surface area (TPSA) is 57.5 Å². The minimum atomic E-state index is 0. The molecule has 1 atom stereocenters. The average Bonchev–Trinajstić information content (AvgIpc) is 3.29. The molecule has 2 aromatic rings. The number of aryl methyl sites for hydroxylation is 1. The molecule has 0 amide bonds. The number of hydrogen-bond acceptors (Lipinski definition) is 3. The Kier molecular flexibility index (Phi) is 6.39. The van der Waals surface area contributed by atoms with Crippen LogP contribution in [0.3, 0.4) is 0 Å². The van der Waals surface area contributed by atoms with E-state index in [9.17, 15) is 0 Å². The van der Waals surface area contributed by atoms with Gasteiger partial charge in [-0.1, -0.05) is 12.1 Å². The van der Waals surface area contributed by atoms with Crippen molar-refractivity contribution in [3.63, 3.8) is 0 Å². The largest absolute Gasteiger partial charge is 0.355 e. The van der Waals surface area contributed by atoms with Gasteiger partial charge in [0.15, 0.2) is 5.96 Å². The standard InChI is InChI=1S/C19H28N6.HI/c1-14-22-17-5-3-4-6-18(17)25(14)12-10-21-19(20-2)23-15-9-11-24(13-15)16-7-8-16;/h3-6,15-16H,7-13H2,1-2H3,(H2,20,21,23);1H. The van der Waals surface area contributed by atoms with Gasteiger partial charge in [-0.15, -0.1) is 24.0 Å². The summed E-state index contributed by atoms with van der Waals surface area (Å²) >= 11 is 0. The Balaban J connectivity index is 0.00000196. The summed E-state index contributed by atoms with van der Waals surface area (Å²) in [6.07, 6.45) is 3.98. The van der Waals surface area contributed by atoms with Gasteiger partial charge in [0.05, 0.1) is 11.0 Å². The van der Waals surface area contributed by atoms with Crippen molar-refractivity contribution >= 4 is 41.0 Å². The molecule has 26 heavy (non-hydrogen) atoms. The van der Waals surface area contributed by atoms with Gasteiger partial charge in [0.2, 0.25) is 0 Å². The number of halogens is 1. The molecule has 2 fully saturated rings. The second-order valence-electron chi connectivity index (χ2n) is 7.15. The molecule has 0 spiro atoms. The monoisotopic (exact) mass is 468 g/mol. The Morgan fingerprint density at radius 3 is 2.85 bits per heavy atom. The quantitative estimate of drug-likeness (QED) is 0.402. The van der Waals surface area contributed by atoms with Crippen molar-refractivity contribution in [3.05, 3.63) is 30.1 Å². The zero-order valence-electron chi connectivity index (χ0n) is 15.6. The van der Waals surface area contributed by atoms with Crippen LogP contribution in [-0.4, -0.2) is 59.2 Å². The lowest BCUT2D eigenvalue weighted by Gasteiger charge is -2.19. The van der Waals surface area contributed by atoms with E-state index >= 15 is 0 Å². The maximum absolute atomic E-state index is 4.63. The first-order valence-corrected chi connectivity index (χ1v) is 9.37. The highest BCUT2D eigenvalue weighted by molar-refractivity contribution is 14.0. The van der Waals surface area contributed by atoms with E-state index in [1.807, 2.05) is 13.1 Å². The fourth-order valence-electron chi connectivity index (χ4n) is 3.83. The molecule has 1 saturated heterocycles. The zero-order chi connectivity index (χ0) is 17.2. The molecule has 1 aliphatic heterocycles. The summed E-state index contributed by atoms with van der Waals surface area (Å²) in [7, 11) is 1.85. The van der Waals surface area contributed by atoms with Gasteiger partial charge in [-0.3, -0.25) is 9.89 Å². The first kappa shape index (κ1) is 19.4. The number of guanidine groups is 1. The molecule has 1 aromatic carbocycles. The Morgan fingerprint density at radius 2 is 2.08 bits per heavy atom. The summed E-state index contributed by atoms with van der Waals surface area (Å²) < 4.78 is 2.26. The number of para-hydroxylation sites is 2. The van der Waals surface area contributed by atoms with Gasteiger partial charge >= 0.3 is 0 Å². The number of nitrogens with one attached hydrogen (secondary N) is 2. The Labute approximate surface area is 172 Å². The molecule has 6 nitrogen and oxygen atoms in total. The van der Waals surface area contributed by atoms with Crippen LogP contribution in [0, 0.1) is 6.92 Å². The van der Waals surface area contributed by atoms with Crippen LogP contribution in [0.15, 0.2) is 29.3 Å². The lowest BCUT2D eigenvalue weighted by Crippen LogP contribution is -2.45. The minimum absolute atomic E-state index is 0. The van der Waals surface area contributed by atoms with E-state index in [-0.39, 0.29) is 24.0 Å². The average molecular weight is 468 g/mol. The Hall–Kier alpha value is -1.35. The second kappa shape index (κ2) is 8.56. The third-order valence-corrected chi connectivity index (χ3v) is 5.32. The predicted octanol–water partition coefficient (Wildman–Crippen LogP) is 2.36. The molecule has 0 radical (unpaired) electrons. The summed E-state index contributed by atoms with van der Waals surface area (Å²) in [4.78, 5) is 11.6. The van der Waals surface area contributed by atoms with E-state index in [0.29, 0.717) is 6.04 Å². The van der Waals surface area contributed by atoms with E-state index in [2.05, 4.69) is 55.2 Å². The van der Waals surface area contributed by atoms with Gasteiger partial charge in [0.1, 0.15) is 5.82 Å². The van der Waals surface area contributed by atoms with Gasteiger partial charge in [-0.2, -0.15) is 0 Å². The lowest BCUT2D eigenvalue weighted by atomic mass is 10.3. The lowest BCUT2D eigenvalue weighted by molar-refractivity contribution is 0.321. The fraction of sp³-hybridized carbons (Fsp3) is 0.579. The number of likely N-dealkylation sites (tertiary alicyclic amines) is 1. The molecule has 2 N–H and O–H groups in total. The molecule has 2 heterocycles. The van der Waals surface area contributed by atoms with Gasteiger partial charge in [-0.05, 0) is 38.3 Å². The molecule has 0 bridgehead atoms. The SMILES string of the molecule is CN=C(NCCn1c(C)nc2ccccc21)NC1CCN(C2CC2)C1.I. The molecule has 1 aliphatic carbocycles. The highest BCUT2D eigenvalue weighted by atomic mass is 127. The predicted molar refractivity (Wildman–Crippen MR) is 117 cm³/mol. The van der Waals surface area contributed by atoms with Crippen LogP contribution in [0.2, 0.25) is 0 Å². The number of benzene rings is 1. The summed E-state index contributed by atoms with van der Waals surface area (Å²) in [6.45, 7) is 6.15. The summed E-state index contributed by atoms with van der Waals surface area (Å²) in [5.74, 6) is 1.96. The van der Waals surface area contributed by atoms with Crippen molar-refractivity contribution in [1.82, 2.24) is 25.1 Å². The van der Waals surface area contributed by atoms with Crippen molar-refractivity contribution in [2.45, 2.75) is 44.8 Å². The van der Waals surface area contributed by atoms with Crippen LogP contribution in [0.5, 0.6) is 0 Å². The number of aromatic nitrogens is 2.